The second-order valence-corrected chi connectivity index (χ2v) is 7.13. The number of nitrogens with two attached hydrogens (primary N) is 1. The molecule has 1 aliphatic rings. The number of carbonyl (C=O) groups is 2. The van der Waals surface area contributed by atoms with Crippen LogP contribution in [-0.4, -0.2) is 33.6 Å². The lowest BCUT2D eigenvalue weighted by atomic mass is 10.2. The zero-order valence-electron chi connectivity index (χ0n) is 14.6. The molecule has 0 radical (unpaired) electrons. The van der Waals surface area contributed by atoms with Crippen molar-refractivity contribution >= 4 is 40.6 Å². The Morgan fingerprint density at radius 1 is 1.22 bits per heavy atom. The molecule has 0 saturated carbocycles. The molecule has 3 N–H and O–H groups in total. The number of aromatic hydroxyl groups is 1. The van der Waals surface area contributed by atoms with E-state index in [0.29, 0.717) is 11.3 Å². The molecule has 0 spiro atoms. The van der Waals surface area contributed by atoms with Crippen molar-refractivity contribution in [1.82, 2.24) is 0 Å². The molecule has 2 aromatic carbocycles. The Morgan fingerprint density at radius 2 is 1.93 bits per heavy atom. The van der Waals surface area contributed by atoms with E-state index in [1.165, 1.54) is 17.2 Å². The molecule has 2 amide bonds. The van der Waals surface area contributed by atoms with E-state index in [1.54, 1.807) is 30.3 Å². The van der Waals surface area contributed by atoms with Crippen LogP contribution in [0.5, 0.6) is 5.75 Å². The van der Waals surface area contributed by atoms with E-state index in [0.717, 1.165) is 17.3 Å². The molecule has 1 fully saturated rings. The number of thioether (sulfide) groups is 1. The number of phenolic OH excluding ortho intramolecular Hbond substituents is 1. The van der Waals surface area contributed by atoms with Crippen LogP contribution in [0.3, 0.4) is 0 Å². The van der Waals surface area contributed by atoms with Gasteiger partial charge in [0.2, 0.25) is 11.8 Å². The lowest BCUT2D eigenvalue weighted by Crippen LogP contribution is -2.32. The van der Waals surface area contributed by atoms with Crippen LogP contribution in [0.1, 0.15) is 17.5 Å². The third-order valence-electron chi connectivity index (χ3n) is 4.01. The molecule has 2 aromatic rings. The number of amides is 2. The van der Waals surface area contributed by atoms with E-state index in [9.17, 15) is 14.7 Å². The summed E-state index contributed by atoms with van der Waals surface area (Å²) >= 11 is 1.00. The van der Waals surface area contributed by atoms with Gasteiger partial charge >= 0.3 is 0 Å². The summed E-state index contributed by atoms with van der Waals surface area (Å²) in [6.45, 7) is 1.85. The third kappa shape index (κ3) is 4.17. The van der Waals surface area contributed by atoms with Gasteiger partial charge in [0.05, 0.1) is 11.9 Å². The summed E-state index contributed by atoms with van der Waals surface area (Å²) in [5.74, 6) is -0.507. The highest BCUT2D eigenvalue weighted by molar-refractivity contribution is 8.14. The molecule has 1 aliphatic heterocycles. The first-order chi connectivity index (χ1) is 13.0. The maximum atomic E-state index is 12.6. The molecule has 27 heavy (non-hydrogen) atoms. The minimum Gasteiger partial charge on any atom is -0.507 e. The fourth-order valence-corrected chi connectivity index (χ4v) is 3.50. The summed E-state index contributed by atoms with van der Waals surface area (Å²) in [7, 11) is 0. The number of carbonyl (C=O) groups excluding carboxylic acids is 2. The van der Waals surface area contributed by atoms with Crippen molar-refractivity contribution in [2.45, 2.75) is 18.6 Å². The van der Waals surface area contributed by atoms with Crippen LogP contribution in [0, 0.1) is 6.92 Å². The Morgan fingerprint density at radius 3 is 2.67 bits per heavy atom. The molecule has 138 valence electrons. The number of hydrogen-bond acceptors (Lipinski definition) is 6. The van der Waals surface area contributed by atoms with Gasteiger partial charge in [-0.3, -0.25) is 9.59 Å². The van der Waals surface area contributed by atoms with Crippen LogP contribution < -0.4 is 10.6 Å². The highest BCUT2D eigenvalue weighted by atomic mass is 32.2. The topological polar surface area (TPSA) is 108 Å². The van der Waals surface area contributed by atoms with Crippen molar-refractivity contribution in [3.05, 3.63) is 59.7 Å². The maximum Gasteiger partial charge on any atom is 0.247 e. The fourth-order valence-electron chi connectivity index (χ4n) is 2.68. The van der Waals surface area contributed by atoms with E-state index >= 15 is 0 Å². The number of phenols is 1. The Bertz CT molecular complexity index is 942. The number of amidine groups is 1. The third-order valence-corrected chi connectivity index (χ3v) is 4.99. The predicted octanol–water partition coefficient (Wildman–Crippen LogP) is 2.41. The SMILES string of the molecule is Cc1ccccc1N1C(=O)C[C@@H](SC(N)=N/N=C\c2ccccc2O)C1=O. The molecule has 1 heterocycles. The van der Waals surface area contributed by atoms with Gasteiger partial charge in [-0.1, -0.05) is 42.1 Å². The van der Waals surface area contributed by atoms with Crippen molar-refractivity contribution in [3.63, 3.8) is 0 Å². The van der Waals surface area contributed by atoms with Crippen molar-refractivity contribution < 1.29 is 14.7 Å². The highest BCUT2D eigenvalue weighted by Gasteiger charge is 2.41. The van der Waals surface area contributed by atoms with Crippen LogP contribution in [0.25, 0.3) is 0 Å². The average Bonchev–Trinajstić information content (AvgIpc) is 2.91. The zero-order valence-corrected chi connectivity index (χ0v) is 15.4. The van der Waals surface area contributed by atoms with Crippen LogP contribution in [0.15, 0.2) is 58.7 Å². The van der Waals surface area contributed by atoms with Gasteiger partial charge in [0, 0.05) is 12.0 Å². The molecule has 8 heteroatoms. The Kier molecular flexibility index (Phi) is 5.56. The number of imide groups is 1. The minimum absolute atomic E-state index is 0.0528. The van der Waals surface area contributed by atoms with Gasteiger partial charge in [0.1, 0.15) is 11.0 Å². The number of aryl methyl sites for hydroxylation is 1. The Labute approximate surface area is 160 Å². The largest absolute Gasteiger partial charge is 0.507 e. The molecule has 0 bridgehead atoms. The van der Waals surface area contributed by atoms with Crippen molar-refractivity contribution in [2.24, 2.45) is 15.9 Å². The first-order valence-corrected chi connectivity index (χ1v) is 9.09. The van der Waals surface area contributed by atoms with Gasteiger partial charge in [-0.2, -0.15) is 5.10 Å². The summed E-state index contributed by atoms with van der Waals surface area (Å²) in [5, 5.41) is 16.8. The number of rotatable bonds is 4. The number of hydrogen-bond donors (Lipinski definition) is 2. The van der Waals surface area contributed by atoms with E-state index in [2.05, 4.69) is 10.2 Å². The molecule has 1 saturated heterocycles. The minimum atomic E-state index is -0.638. The summed E-state index contributed by atoms with van der Waals surface area (Å²) in [6.07, 6.45) is 1.42. The first-order valence-electron chi connectivity index (χ1n) is 8.21. The normalized spacial score (nSPS) is 17.9. The summed E-state index contributed by atoms with van der Waals surface area (Å²) in [5.41, 5.74) is 7.76. The van der Waals surface area contributed by atoms with Crippen molar-refractivity contribution in [2.75, 3.05) is 4.90 Å². The molecule has 0 unspecified atom stereocenters. The summed E-state index contributed by atoms with van der Waals surface area (Å²) < 4.78 is 0. The maximum absolute atomic E-state index is 12.6. The number of nitrogens with zero attached hydrogens (tertiary/aromatic N) is 3. The second-order valence-electron chi connectivity index (χ2n) is 5.91. The average molecular weight is 382 g/mol. The standard InChI is InChI=1S/C19H18N4O3S/c1-12-6-2-4-8-14(12)23-17(25)10-16(18(23)26)27-19(20)22-21-11-13-7-3-5-9-15(13)24/h2-9,11,16,24H,10H2,1H3,(H2,20,22)/b21-11-/t16-/m1/s1. The second kappa shape index (κ2) is 8.05. The van der Waals surface area contributed by atoms with Crippen molar-refractivity contribution in [1.29, 1.82) is 0 Å². The highest BCUT2D eigenvalue weighted by Crippen LogP contribution is 2.31. The zero-order chi connectivity index (χ0) is 19.4. The van der Waals surface area contributed by atoms with Crippen LogP contribution >= 0.6 is 11.8 Å². The molecule has 7 nitrogen and oxygen atoms in total. The molecule has 0 aromatic heterocycles. The van der Waals surface area contributed by atoms with Crippen LogP contribution in [-0.2, 0) is 9.59 Å². The first kappa shape index (κ1) is 18.7. The van der Waals surface area contributed by atoms with Gasteiger partial charge in [0.15, 0.2) is 5.17 Å². The van der Waals surface area contributed by atoms with Crippen LogP contribution in [0.4, 0.5) is 5.69 Å². The molecule has 3 rings (SSSR count). The van der Waals surface area contributed by atoms with E-state index in [1.807, 2.05) is 19.1 Å². The lowest BCUT2D eigenvalue weighted by Gasteiger charge is -2.16. The van der Waals surface area contributed by atoms with Gasteiger partial charge in [0.25, 0.3) is 0 Å². The van der Waals surface area contributed by atoms with E-state index in [4.69, 9.17) is 5.73 Å². The molecular formula is C19H18N4O3S. The van der Waals surface area contributed by atoms with E-state index < -0.39 is 5.25 Å². The molecule has 1 atom stereocenters. The smallest absolute Gasteiger partial charge is 0.247 e. The van der Waals surface area contributed by atoms with Gasteiger partial charge < -0.3 is 10.8 Å². The quantitative estimate of drug-likeness (QED) is 0.365. The number of benzene rings is 2. The monoisotopic (exact) mass is 382 g/mol. The van der Waals surface area contributed by atoms with Gasteiger partial charge in [-0.25, -0.2) is 4.90 Å². The fraction of sp³-hybridized carbons (Fsp3) is 0.158. The summed E-state index contributed by atoms with van der Waals surface area (Å²) in [6, 6.07) is 13.9. The number of anilines is 1. The molecular weight excluding hydrogens is 364 g/mol. The van der Waals surface area contributed by atoms with Crippen LogP contribution in [0.2, 0.25) is 0 Å². The van der Waals surface area contributed by atoms with Gasteiger partial charge in [-0.05, 0) is 30.7 Å². The van der Waals surface area contributed by atoms with E-state index in [-0.39, 0.29) is 29.2 Å². The Balaban J connectivity index is 1.69. The molecule has 0 aliphatic carbocycles. The Hall–Kier alpha value is -3.13. The van der Waals surface area contributed by atoms with Crippen molar-refractivity contribution in [3.8, 4) is 5.75 Å². The number of para-hydroxylation sites is 2. The predicted molar refractivity (Wildman–Crippen MR) is 107 cm³/mol. The van der Waals surface area contributed by atoms with Gasteiger partial charge in [-0.15, -0.1) is 5.10 Å². The summed E-state index contributed by atoms with van der Waals surface area (Å²) in [4.78, 5) is 26.2. The lowest BCUT2D eigenvalue weighted by molar-refractivity contribution is -0.121.